The van der Waals surface area contributed by atoms with Crippen LogP contribution in [0.4, 0.5) is 0 Å². The van der Waals surface area contributed by atoms with Crippen molar-refractivity contribution in [1.82, 2.24) is 9.88 Å². The lowest BCUT2D eigenvalue weighted by Crippen LogP contribution is -2.27. The zero-order valence-corrected chi connectivity index (χ0v) is 20.3. The predicted octanol–water partition coefficient (Wildman–Crippen LogP) is 5.38. The molecule has 1 atom stereocenters. The lowest BCUT2D eigenvalue weighted by Gasteiger charge is -2.18. The summed E-state index contributed by atoms with van der Waals surface area (Å²) in [6.45, 7) is 2.64. The van der Waals surface area contributed by atoms with E-state index in [0.717, 1.165) is 17.5 Å². The molecule has 4 rings (SSSR count). The summed E-state index contributed by atoms with van der Waals surface area (Å²) >= 11 is 0. The van der Waals surface area contributed by atoms with E-state index in [2.05, 4.69) is 72.5 Å². The van der Waals surface area contributed by atoms with Crippen LogP contribution in [0.2, 0.25) is 0 Å². The van der Waals surface area contributed by atoms with Gasteiger partial charge in [-0.25, -0.2) is 0 Å². The van der Waals surface area contributed by atoms with E-state index in [-0.39, 0.29) is 11.8 Å². The van der Waals surface area contributed by atoms with Gasteiger partial charge in [0.25, 0.3) is 0 Å². The molecule has 0 spiro atoms. The molecule has 0 aliphatic heterocycles. The van der Waals surface area contributed by atoms with Gasteiger partial charge in [-0.05, 0) is 48.2 Å². The van der Waals surface area contributed by atoms with E-state index in [4.69, 9.17) is 9.47 Å². The molecule has 0 radical (unpaired) electrons. The normalized spacial score (nSPS) is 11.9. The lowest BCUT2D eigenvalue weighted by molar-refractivity contribution is -0.121. The summed E-state index contributed by atoms with van der Waals surface area (Å²) in [7, 11) is 5.31. The number of nitrogens with one attached hydrogen (secondary N) is 1. The second kappa shape index (κ2) is 10.5. The predicted molar refractivity (Wildman–Crippen MR) is 137 cm³/mol. The molecule has 176 valence electrons. The molecule has 0 saturated heterocycles. The minimum Gasteiger partial charge on any atom is -0.493 e. The molecule has 1 aromatic heterocycles. The molecule has 1 heterocycles. The number of nitrogens with zero attached hydrogens (tertiary/aromatic N) is 1. The molecule has 5 nitrogen and oxygen atoms in total. The number of carbonyl (C=O) groups excluding carboxylic acids is 1. The summed E-state index contributed by atoms with van der Waals surface area (Å²) < 4.78 is 12.8. The number of para-hydroxylation sites is 1. The van der Waals surface area contributed by atoms with Crippen LogP contribution >= 0.6 is 0 Å². The number of aromatic nitrogens is 1. The Labute approximate surface area is 201 Å². The Morgan fingerprint density at radius 2 is 1.71 bits per heavy atom. The minimum atomic E-state index is -0.0206. The van der Waals surface area contributed by atoms with Crippen molar-refractivity contribution in [3.05, 3.63) is 95.2 Å². The van der Waals surface area contributed by atoms with Gasteiger partial charge in [0.2, 0.25) is 5.91 Å². The summed E-state index contributed by atoms with van der Waals surface area (Å²) in [6, 6.07) is 22.7. The maximum absolute atomic E-state index is 13.1. The average Bonchev–Trinajstić information content (AvgIpc) is 3.19. The number of methoxy groups -OCH3 is 2. The van der Waals surface area contributed by atoms with Gasteiger partial charge in [-0.1, -0.05) is 54.1 Å². The standard InChI is InChI=1S/C29H32N2O3/c1-20-9-12-22(13-10-20)24(25-19-31(2)26-8-6-5-7-23(25)26)18-29(32)30-16-15-21-11-14-27(33-3)28(17-21)34-4/h5-14,17,19,24H,15-16,18H2,1-4H3,(H,30,32)/t24-/m1/s1. The average molecular weight is 457 g/mol. The summed E-state index contributed by atoms with van der Waals surface area (Å²) in [5, 5.41) is 4.30. The molecule has 3 aromatic carbocycles. The molecule has 0 bridgehead atoms. The van der Waals surface area contributed by atoms with Gasteiger partial charge in [-0.15, -0.1) is 0 Å². The third-order valence-corrected chi connectivity index (χ3v) is 6.36. The van der Waals surface area contributed by atoms with Crippen LogP contribution < -0.4 is 14.8 Å². The van der Waals surface area contributed by atoms with Crippen molar-refractivity contribution in [3.8, 4) is 11.5 Å². The van der Waals surface area contributed by atoms with E-state index in [1.807, 2.05) is 24.3 Å². The van der Waals surface area contributed by atoms with Crippen LogP contribution in [-0.4, -0.2) is 31.2 Å². The molecule has 0 unspecified atom stereocenters. The Balaban J connectivity index is 1.50. The number of carbonyl (C=O) groups is 1. The van der Waals surface area contributed by atoms with Crippen molar-refractivity contribution in [1.29, 1.82) is 0 Å². The monoisotopic (exact) mass is 456 g/mol. The molecular formula is C29H32N2O3. The van der Waals surface area contributed by atoms with Gasteiger partial charge in [0, 0.05) is 43.0 Å². The smallest absolute Gasteiger partial charge is 0.220 e. The first kappa shape index (κ1) is 23.4. The number of hydrogen-bond acceptors (Lipinski definition) is 3. The third-order valence-electron chi connectivity index (χ3n) is 6.36. The fourth-order valence-corrected chi connectivity index (χ4v) is 4.50. The van der Waals surface area contributed by atoms with Crippen molar-refractivity contribution < 1.29 is 14.3 Å². The number of benzene rings is 3. The van der Waals surface area contributed by atoms with Gasteiger partial charge in [0.15, 0.2) is 11.5 Å². The summed E-state index contributed by atoms with van der Waals surface area (Å²) in [5.41, 5.74) is 5.79. The van der Waals surface area contributed by atoms with Crippen LogP contribution in [0.5, 0.6) is 11.5 Å². The number of ether oxygens (including phenoxy) is 2. The fraction of sp³-hybridized carbons (Fsp3) is 0.276. The van der Waals surface area contributed by atoms with Gasteiger partial charge in [-0.3, -0.25) is 4.79 Å². The molecule has 34 heavy (non-hydrogen) atoms. The Kier molecular flexibility index (Phi) is 7.21. The maximum Gasteiger partial charge on any atom is 0.220 e. The highest BCUT2D eigenvalue weighted by Crippen LogP contribution is 2.34. The largest absolute Gasteiger partial charge is 0.493 e. The molecule has 0 fully saturated rings. The van der Waals surface area contributed by atoms with Crippen molar-refractivity contribution in [3.63, 3.8) is 0 Å². The van der Waals surface area contributed by atoms with Gasteiger partial charge in [-0.2, -0.15) is 0 Å². The molecule has 1 N–H and O–H groups in total. The van der Waals surface area contributed by atoms with E-state index >= 15 is 0 Å². The van der Waals surface area contributed by atoms with Gasteiger partial charge in [0.1, 0.15) is 0 Å². The zero-order valence-electron chi connectivity index (χ0n) is 20.3. The molecule has 0 aliphatic rings. The highest BCUT2D eigenvalue weighted by atomic mass is 16.5. The van der Waals surface area contributed by atoms with E-state index in [0.29, 0.717) is 24.5 Å². The second-order valence-electron chi connectivity index (χ2n) is 8.67. The van der Waals surface area contributed by atoms with Crippen LogP contribution in [0.3, 0.4) is 0 Å². The minimum absolute atomic E-state index is 0.0206. The lowest BCUT2D eigenvalue weighted by atomic mass is 9.87. The van der Waals surface area contributed by atoms with Crippen molar-refractivity contribution in [2.24, 2.45) is 7.05 Å². The van der Waals surface area contributed by atoms with Gasteiger partial charge in [0.05, 0.1) is 14.2 Å². The van der Waals surface area contributed by atoms with Crippen LogP contribution in [0, 0.1) is 6.92 Å². The number of hydrogen-bond donors (Lipinski definition) is 1. The number of aryl methyl sites for hydroxylation is 2. The molecular weight excluding hydrogens is 424 g/mol. The van der Waals surface area contributed by atoms with Crippen LogP contribution in [0.25, 0.3) is 10.9 Å². The first-order chi connectivity index (χ1) is 16.5. The van der Waals surface area contributed by atoms with E-state index < -0.39 is 0 Å². The first-order valence-electron chi connectivity index (χ1n) is 11.6. The molecule has 4 aromatic rings. The maximum atomic E-state index is 13.1. The Hall–Kier alpha value is -3.73. The van der Waals surface area contributed by atoms with Crippen LogP contribution in [0.15, 0.2) is 72.9 Å². The summed E-state index contributed by atoms with van der Waals surface area (Å²) in [6.07, 6.45) is 3.27. The quantitative estimate of drug-likeness (QED) is 0.368. The van der Waals surface area contributed by atoms with E-state index in [9.17, 15) is 4.79 Å². The number of amides is 1. The molecule has 1 amide bonds. The van der Waals surface area contributed by atoms with Crippen molar-refractivity contribution >= 4 is 16.8 Å². The van der Waals surface area contributed by atoms with E-state index in [1.54, 1.807) is 14.2 Å². The highest BCUT2D eigenvalue weighted by molar-refractivity contribution is 5.86. The summed E-state index contributed by atoms with van der Waals surface area (Å²) in [5.74, 6) is 1.42. The second-order valence-corrected chi connectivity index (χ2v) is 8.67. The Morgan fingerprint density at radius 1 is 0.971 bits per heavy atom. The van der Waals surface area contributed by atoms with Gasteiger partial charge >= 0.3 is 0 Å². The number of rotatable bonds is 9. The Bertz CT molecular complexity index is 1270. The van der Waals surface area contributed by atoms with Crippen molar-refractivity contribution in [2.75, 3.05) is 20.8 Å². The number of fused-ring (bicyclic) bond motifs is 1. The SMILES string of the molecule is COc1ccc(CCNC(=O)C[C@H](c2ccc(C)cc2)c2cn(C)c3ccccc23)cc1OC. The van der Waals surface area contributed by atoms with Crippen molar-refractivity contribution in [2.45, 2.75) is 25.7 Å². The Morgan fingerprint density at radius 3 is 2.44 bits per heavy atom. The summed E-state index contributed by atoms with van der Waals surface area (Å²) in [4.78, 5) is 13.1. The van der Waals surface area contributed by atoms with E-state index in [1.165, 1.54) is 22.0 Å². The van der Waals surface area contributed by atoms with Gasteiger partial charge < -0.3 is 19.4 Å². The molecule has 5 heteroatoms. The fourth-order valence-electron chi connectivity index (χ4n) is 4.50. The first-order valence-corrected chi connectivity index (χ1v) is 11.6. The molecule has 0 aliphatic carbocycles. The van der Waals surface area contributed by atoms with Crippen LogP contribution in [0.1, 0.15) is 34.6 Å². The topological polar surface area (TPSA) is 52.5 Å². The highest BCUT2D eigenvalue weighted by Gasteiger charge is 2.22. The molecule has 0 saturated carbocycles. The van der Waals surface area contributed by atoms with Crippen LogP contribution in [-0.2, 0) is 18.3 Å². The zero-order chi connectivity index (χ0) is 24.1. The third kappa shape index (κ3) is 5.09.